The van der Waals surface area contributed by atoms with Crippen molar-refractivity contribution in [1.82, 2.24) is 18.9 Å². The molecule has 6 nitrogen and oxygen atoms in total. The molecular weight excluding hydrogens is 383 g/mol. The van der Waals surface area contributed by atoms with E-state index >= 15 is 0 Å². The lowest BCUT2D eigenvalue weighted by Crippen LogP contribution is -2.61. The van der Waals surface area contributed by atoms with E-state index in [0.29, 0.717) is 17.1 Å². The summed E-state index contributed by atoms with van der Waals surface area (Å²) in [4.78, 5) is 31.1. The van der Waals surface area contributed by atoms with E-state index in [1.807, 2.05) is 19.1 Å². The zero-order chi connectivity index (χ0) is 20.1. The summed E-state index contributed by atoms with van der Waals surface area (Å²) < 4.78 is 17.1. The van der Waals surface area contributed by atoms with E-state index < -0.39 is 5.67 Å². The van der Waals surface area contributed by atoms with Crippen molar-refractivity contribution in [1.29, 1.82) is 0 Å². The number of pyridine rings is 1. The van der Waals surface area contributed by atoms with Crippen LogP contribution in [0, 0.1) is 6.92 Å². The number of hydrogen-bond acceptors (Lipinski definition) is 3. The number of carbonyl (C=O) groups is 1. The molecule has 0 aromatic carbocycles. The van der Waals surface area contributed by atoms with Gasteiger partial charge in [-0.1, -0.05) is 18.5 Å². The third-order valence-corrected chi connectivity index (χ3v) is 5.75. The van der Waals surface area contributed by atoms with E-state index in [4.69, 9.17) is 11.6 Å². The molecule has 1 saturated heterocycles. The number of fused-ring (bicyclic) bond motifs is 1. The summed E-state index contributed by atoms with van der Waals surface area (Å²) >= 11 is 6.00. The Bertz CT molecular complexity index is 1130. The zero-order valence-corrected chi connectivity index (χ0v) is 16.4. The van der Waals surface area contributed by atoms with Crippen LogP contribution in [0.4, 0.5) is 4.39 Å². The van der Waals surface area contributed by atoms with Crippen molar-refractivity contribution in [3.63, 3.8) is 0 Å². The second kappa shape index (κ2) is 6.74. The molecule has 0 N–H and O–H groups in total. The average Bonchev–Trinajstić information content (AvgIpc) is 3.08. The summed E-state index contributed by atoms with van der Waals surface area (Å²) in [5.41, 5.74) is 1.18. The molecule has 0 unspecified atom stereocenters. The lowest BCUT2D eigenvalue weighted by molar-refractivity contribution is -0.146. The number of likely N-dealkylation sites (tertiary alicyclic amines) is 1. The Morgan fingerprint density at radius 2 is 2.07 bits per heavy atom. The number of aryl methyl sites for hydroxylation is 1. The van der Waals surface area contributed by atoms with Crippen LogP contribution in [-0.2, 0) is 11.3 Å². The van der Waals surface area contributed by atoms with Gasteiger partial charge in [-0.05, 0) is 31.0 Å². The third kappa shape index (κ3) is 3.09. The van der Waals surface area contributed by atoms with Crippen LogP contribution in [0.25, 0.3) is 16.6 Å². The quantitative estimate of drug-likeness (QED) is 0.630. The first kappa shape index (κ1) is 18.7. The van der Waals surface area contributed by atoms with Gasteiger partial charge in [-0.3, -0.25) is 9.59 Å². The number of nitrogens with zero attached hydrogens (tertiary/aromatic N) is 4. The van der Waals surface area contributed by atoms with Crippen molar-refractivity contribution in [2.75, 3.05) is 13.1 Å². The maximum Gasteiger partial charge on any atom is 0.275 e. The highest BCUT2D eigenvalue weighted by Gasteiger charge is 2.44. The molecule has 4 heterocycles. The number of halogens is 2. The molecule has 0 aliphatic carbocycles. The smallest absolute Gasteiger partial charge is 0.275 e. The minimum Gasteiger partial charge on any atom is -0.335 e. The summed E-state index contributed by atoms with van der Waals surface area (Å²) in [5.74, 6) is -0.259. The number of aromatic nitrogens is 3. The SMILES string of the molecule is CCC1(F)CN(C(=O)Cn2ccn3ccc(-c4cnc(Cl)c(C)c4)c3c2=O)C1. The van der Waals surface area contributed by atoms with Crippen molar-refractivity contribution < 1.29 is 9.18 Å². The highest BCUT2D eigenvalue weighted by atomic mass is 35.5. The van der Waals surface area contributed by atoms with Gasteiger partial charge in [-0.15, -0.1) is 0 Å². The summed E-state index contributed by atoms with van der Waals surface area (Å²) in [6, 6.07) is 3.71. The summed E-state index contributed by atoms with van der Waals surface area (Å²) in [7, 11) is 0. The molecular formula is C20H20ClFN4O2. The van der Waals surface area contributed by atoms with Gasteiger partial charge in [0.2, 0.25) is 5.91 Å². The first-order valence-corrected chi connectivity index (χ1v) is 9.48. The number of alkyl halides is 1. The molecule has 3 aromatic rings. The second-order valence-electron chi connectivity index (χ2n) is 7.30. The van der Waals surface area contributed by atoms with E-state index in [1.54, 1.807) is 36.1 Å². The van der Waals surface area contributed by atoms with Crippen molar-refractivity contribution in [3.8, 4) is 11.1 Å². The molecule has 1 aliphatic heterocycles. The molecule has 1 amide bonds. The molecule has 0 atom stereocenters. The van der Waals surface area contributed by atoms with Crippen LogP contribution in [0.5, 0.6) is 0 Å². The Kier molecular flexibility index (Phi) is 4.50. The Balaban J connectivity index is 1.66. The van der Waals surface area contributed by atoms with Crippen LogP contribution in [0.1, 0.15) is 18.9 Å². The average molecular weight is 403 g/mol. The van der Waals surface area contributed by atoms with Crippen LogP contribution < -0.4 is 5.56 Å². The molecule has 4 rings (SSSR count). The number of amides is 1. The molecule has 0 saturated carbocycles. The molecule has 146 valence electrons. The monoisotopic (exact) mass is 402 g/mol. The van der Waals surface area contributed by atoms with Crippen LogP contribution in [-0.4, -0.2) is 43.5 Å². The normalized spacial score (nSPS) is 15.6. The standard InChI is InChI=1S/C20H20ClFN4O2/c1-3-20(22)11-26(12-20)16(27)10-25-7-6-24-5-4-15(17(24)19(25)28)14-8-13(2)18(21)23-9-14/h4-9H,3,10-12H2,1-2H3. The number of carbonyl (C=O) groups excluding carboxylic acids is 1. The minimum absolute atomic E-state index is 0.0887. The topological polar surface area (TPSA) is 59.6 Å². The second-order valence-corrected chi connectivity index (χ2v) is 7.66. The van der Waals surface area contributed by atoms with Crippen LogP contribution >= 0.6 is 11.6 Å². The van der Waals surface area contributed by atoms with Gasteiger partial charge in [0.15, 0.2) is 0 Å². The van der Waals surface area contributed by atoms with Crippen LogP contribution in [0.3, 0.4) is 0 Å². The van der Waals surface area contributed by atoms with E-state index in [-0.39, 0.29) is 31.1 Å². The summed E-state index contributed by atoms with van der Waals surface area (Å²) in [6.45, 7) is 3.68. The molecule has 28 heavy (non-hydrogen) atoms. The first-order chi connectivity index (χ1) is 13.3. The maximum atomic E-state index is 14.1. The summed E-state index contributed by atoms with van der Waals surface area (Å²) in [5, 5.41) is 0.417. The molecule has 1 aliphatic rings. The Labute approximate surface area is 166 Å². The molecule has 1 fully saturated rings. The van der Waals surface area contributed by atoms with Gasteiger partial charge in [0.1, 0.15) is 22.9 Å². The van der Waals surface area contributed by atoms with E-state index in [1.165, 1.54) is 9.47 Å². The lowest BCUT2D eigenvalue weighted by atomic mass is 9.93. The molecule has 3 aromatic heterocycles. The predicted molar refractivity (Wildman–Crippen MR) is 105 cm³/mol. The maximum absolute atomic E-state index is 14.1. The van der Waals surface area contributed by atoms with Crippen molar-refractivity contribution in [2.24, 2.45) is 0 Å². The first-order valence-electron chi connectivity index (χ1n) is 9.10. The zero-order valence-electron chi connectivity index (χ0n) is 15.7. The highest BCUT2D eigenvalue weighted by molar-refractivity contribution is 6.30. The lowest BCUT2D eigenvalue weighted by Gasteiger charge is -2.44. The molecule has 8 heteroatoms. The minimum atomic E-state index is -1.29. The van der Waals surface area contributed by atoms with Gasteiger partial charge in [0.25, 0.3) is 5.56 Å². The fourth-order valence-electron chi connectivity index (χ4n) is 3.50. The third-order valence-electron chi connectivity index (χ3n) is 5.35. The largest absolute Gasteiger partial charge is 0.335 e. The van der Waals surface area contributed by atoms with Crippen molar-refractivity contribution in [2.45, 2.75) is 32.5 Å². The highest BCUT2D eigenvalue weighted by Crippen LogP contribution is 2.29. The van der Waals surface area contributed by atoms with E-state index in [0.717, 1.165) is 16.7 Å². The molecule has 0 spiro atoms. The summed E-state index contributed by atoms with van der Waals surface area (Å²) in [6.07, 6.45) is 7.09. The van der Waals surface area contributed by atoms with Gasteiger partial charge < -0.3 is 13.9 Å². The van der Waals surface area contributed by atoms with Gasteiger partial charge in [0, 0.05) is 35.9 Å². The van der Waals surface area contributed by atoms with Crippen LogP contribution in [0.15, 0.2) is 41.7 Å². The Hall–Kier alpha value is -2.67. The van der Waals surface area contributed by atoms with Gasteiger partial charge in [-0.2, -0.15) is 0 Å². The van der Waals surface area contributed by atoms with E-state index in [9.17, 15) is 14.0 Å². The number of rotatable bonds is 4. The Morgan fingerprint density at radius 1 is 1.32 bits per heavy atom. The molecule has 0 radical (unpaired) electrons. The van der Waals surface area contributed by atoms with E-state index in [2.05, 4.69) is 4.98 Å². The van der Waals surface area contributed by atoms with Gasteiger partial charge >= 0.3 is 0 Å². The fraction of sp³-hybridized carbons (Fsp3) is 0.350. The fourth-order valence-corrected chi connectivity index (χ4v) is 3.60. The Morgan fingerprint density at radius 3 is 2.75 bits per heavy atom. The predicted octanol–water partition coefficient (Wildman–Crippen LogP) is 3.09. The van der Waals surface area contributed by atoms with Gasteiger partial charge in [-0.25, -0.2) is 9.37 Å². The van der Waals surface area contributed by atoms with Crippen molar-refractivity contribution in [3.05, 3.63) is 58.0 Å². The van der Waals surface area contributed by atoms with Crippen molar-refractivity contribution >= 4 is 23.0 Å². The molecule has 0 bridgehead atoms. The van der Waals surface area contributed by atoms with Gasteiger partial charge in [0.05, 0.1) is 13.1 Å². The number of hydrogen-bond donors (Lipinski definition) is 0. The van der Waals surface area contributed by atoms with Crippen LogP contribution in [0.2, 0.25) is 5.15 Å².